The van der Waals surface area contributed by atoms with Gasteiger partial charge < -0.3 is 15.5 Å². The molecule has 0 radical (unpaired) electrons. The van der Waals surface area contributed by atoms with Crippen LogP contribution in [0.4, 0.5) is 4.39 Å². The first-order valence-corrected chi connectivity index (χ1v) is 10.5. The van der Waals surface area contributed by atoms with Crippen LogP contribution in [0, 0.1) is 11.7 Å². The molecule has 3 rings (SSSR count). The number of rotatable bonds is 7. The molecule has 0 unspecified atom stereocenters. The van der Waals surface area contributed by atoms with E-state index in [1.807, 2.05) is 12.1 Å². The van der Waals surface area contributed by atoms with Crippen LogP contribution in [0.3, 0.4) is 0 Å². The van der Waals surface area contributed by atoms with Gasteiger partial charge >= 0.3 is 0 Å². The first kappa shape index (κ1) is 20.1. The zero-order valence-corrected chi connectivity index (χ0v) is 17.1. The van der Waals surface area contributed by atoms with Gasteiger partial charge in [-0.3, -0.25) is 4.99 Å². The molecular formula is C22H35FN4. The predicted molar refractivity (Wildman–Crippen MR) is 111 cm³/mol. The molecule has 1 aliphatic heterocycles. The fraction of sp³-hybridized carbons (Fsp3) is 0.682. The van der Waals surface area contributed by atoms with Crippen LogP contribution in [0.1, 0.15) is 52.0 Å². The van der Waals surface area contributed by atoms with Gasteiger partial charge in [-0.15, -0.1) is 0 Å². The standard InChI is InChI=1S/C22H35FN4/c1-4-24-21(26-18-9-13-27(14-10-18)15-17(2)3)25-16-22(11-12-22)19-7-5-6-8-20(19)23/h5-8,17-18H,4,9-16H2,1-3H3,(H2,24,25,26). The molecule has 2 fully saturated rings. The fourth-order valence-electron chi connectivity index (χ4n) is 4.07. The number of aliphatic imine (C=N–C) groups is 1. The van der Waals surface area contributed by atoms with Gasteiger partial charge in [0, 0.05) is 37.6 Å². The van der Waals surface area contributed by atoms with Crippen molar-refractivity contribution in [2.75, 3.05) is 32.7 Å². The largest absolute Gasteiger partial charge is 0.357 e. The summed E-state index contributed by atoms with van der Waals surface area (Å²) in [6.45, 7) is 11.6. The Labute approximate surface area is 163 Å². The lowest BCUT2D eigenvalue weighted by Crippen LogP contribution is -2.49. The highest BCUT2D eigenvalue weighted by Gasteiger charge is 2.45. The Balaban J connectivity index is 1.57. The Morgan fingerprint density at radius 3 is 2.56 bits per heavy atom. The van der Waals surface area contributed by atoms with Crippen LogP contribution in [0.25, 0.3) is 0 Å². The van der Waals surface area contributed by atoms with Crippen LogP contribution in [0.5, 0.6) is 0 Å². The smallest absolute Gasteiger partial charge is 0.191 e. The Kier molecular flexibility index (Phi) is 6.74. The maximum Gasteiger partial charge on any atom is 0.191 e. The fourth-order valence-corrected chi connectivity index (χ4v) is 4.07. The van der Waals surface area contributed by atoms with Gasteiger partial charge in [-0.25, -0.2) is 4.39 Å². The number of likely N-dealkylation sites (tertiary alicyclic amines) is 1. The van der Waals surface area contributed by atoms with Gasteiger partial charge in [-0.05, 0) is 50.2 Å². The Hall–Kier alpha value is -1.62. The van der Waals surface area contributed by atoms with Crippen molar-refractivity contribution < 1.29 is 4.39 Å². The number of hydrogen-bond donors (Lipinski definition) is 2. The molecule has 1 heterocycles. The minimum atomic E-state index is -0.103. The molecule has 1 saturated carbocycles. The molecular weight excluding hydrogens is 339 g/mol. The molecule has 0 bridgehead atoms. The molecule has 2 aliphatic rings. The number of guanidine groups is 1. The summed E-state index contributed by atoms with van der Waals surface area (Å²) in [6.07, 6.45) is 4.33. The summed E-state index contributed by atoms with van der Waals surface area (Å²) in [5.41, 5.74) is 0.723. The van der Waals surface area contributed by atoms with Crippen molar-refractivity contribution in [3.63, 3.8) is 0 Å². The summed E-state index contributed by atoms with van der Waals surface area (Å²) in [5.74, 6) is 1.50. The van der Waals surface area contributed by atoms with Crippen LogP contribution in [0.2, 0.25) is 0 Å². The quantitative estimate of drug-likeness (QED) is 0.566. The van der Waals surface area contributed by atoms with Gasteiger partial charge in [0.25, 0.3) is 0 Å². The minimum Gasteiger partial charge on any atom is -0.357 e. The highest BCUT2D eigenvalue weighted by molar-refractivity contribution is 5.80. The molecule has 4 nitrogen and oxygen atoms in total. The molecule has 1 saturated heterocycles. The van der Waals surface area contributed by atoms with Crippen molar-refractivity contribution >= 4 is 5.96 Å². The minimum absolute atomic E-state index is 0.0966. The van der Waals surface area contributed by atoms with Crippen molar-refractivity contribution in [2.45, 2.75) is 57.9 Å². The highest BCUT2D eigenvalue weighted by atomic mass is 19.1. The van der Waals surface area contributed by atoms with E-state index in [1.165, 1.54) is 6.54 Å². The van der Waals surface area contributed by atoms with E-state index >= 15 is 0 Å². The lowest BCUT2D eigenvalue weighted by molar-refractivity contribution is 0.187. The molecule has 1 aromatic carbocycles. The zero-order valence-electron chi connectivity index (χ0n) is 17.1. The summed E-state index contributed by atoms with van der Waals surface area (Å²) in [5, 5.41) is 6.99. The summed E-state index contributed by atoms with van der Waals surface area (Å²) >= 11 is 0. The number of benzene rings is 1. The number of halogens is 1. The molecule has 5 heteroatoms. The first-order valence-electron chi connectivity index (χ1n) is 10.5. The van der Waals surface area contributed by atoms with Crippen molar-refractivity contribution in [1.82, 2.24) is 15.5 Å². The Morgan fingerprint density at radius 1 is 1.26 bits per heavy atom. The number of nitrogens with one attached hydrogen (secondary N) is 2. The molecule has 150 valence electrons. The van der Waals surface area contributed by atoms with Gasteiger partial charge in [0.15, 0.2) is 5.96 Å². The van der Waals surface area contributed by atoms with Crippen LogP contribution >= 0.6 is 0 Å². The average molecular weight is 375 g/mol. The topological polar surface area (TPSA) is 39.7 Å². The van der Waals surface area contributed by atoms with E-state index in [1.54, 1.807) is 12.1 Å². The highest BCUT2D eigenvalue weighted by Crippen LogP contribution is 2.49. The summed E-state index contributed by atoms with van der Waals surface area (Å²) < 4.78 is 14.2. The van der Waals surface area contributed by atoms with E-state index in [9.17, 15) is 4.39 Å². The van der Waals surface area contributed by atoms with E-state index in [-0.39, 0.29) is 11.2 Å². The molecule has 1 aliphatic carbocycles. The van der Waals surface area contributed by atoms with Crippen LogP contribution in [-0.4, -0.2) is 49.6 Å². The molecule has 0 amide bonds. The first-order chi connectivity index (χ1) is 13.0. The maximum absolute atomic E-state index is 14.2. The second kappa shape index (κ2) is 9.05. The van der Waals surface area contributed by atoms with Gasteiger partial charge in [-0.2, -0.15) is 0 Å². The molecule has 27 heavy (non-hydrogen) atoms. The lowest BCUT2D eigenvalue weighted by Gasteiger charge is -2.34. The second-order valence-corrected chi connectivity index (χ2v) is 8.57. The van der Waals surface area contributed by atoms with Crippen molar-refractivity contribution in [2.24, 2.45) is 10.9 Å². The molecule has 0 atom stereocenters. The van der Waals surface area contributed by atoms with Gasteiger partial charge in [0.1, 0.15) is 5.82 Å². The monoisotopic (exact) mass is 374 g/mol. The van der Waals surface area contributed by atoms with E-state index in [0.29, 0.717) is 12.6 Å². The number of piperidine rings is 1. The van der Waals surface area contributed by atoms with Crippen molar-refractivity contribution in [3.8, 4) is 0 Å². The van der Waals surface area contributed by atoms with Gasteiger partial charge in [0.2, 0.25) is 0 Å². The van der Waals surface area contributed by atoms with Gasteiger partial charge in [-0.1, -0.05) is 32.0 Å². The third kappa shape index (κ3) is 5.44. The van der Waals surface area contributed by atoms with Crippen molar-refractivity contribution in [1.29, 1.82) is 0 Å². The molecule has 1 aromatic rings. The molecule has 0 spiro atoms. The third-order valence-corrected chi connectivity index (χ3v) is 5.73. The second-order valence-electron chi connectivity index (χ2n) is 8.57. The summed E-state index contributed by atoms with van der Waals surface area (Å²) in [6, 6.07) is 7.64. The third-order valence-electron chi connectivity index (χ3n) is 5.73. The van der Waals surface area contributed by atoms with E-state index in [2.05, 4.69) is 36.3 Å². The van der Waals surface area contributed by atoms with Crippen molar-refractivity contribution in [3.05, 3.63) is 35.6 Å². The zero-order chi connectivity index (χ0) is 19.3. The van der Waals surface area contributed by atoms with Gasteiger partial charge in [0.05, 0.1) is 6.54 Å². The predicted octanol–water partition coefficient (Wildman–Crippen LogP) is 3.53. The lowest BCUT2D eigenvalue weighted by atomic mass is 9.95. The maximum atomic E-state index is 14.2. The van der Waals surface area contributed by atoms with Crippen LogP contribution in [-0.2, 0) is 5.41 Å². The molecule has 2 N–H and O–H groups in total. The Bertz CT molecular complexity index is 631. The van der Waals surface area contributed by atoms with E-state index in [4.69, 9.17) is 4.99 Å². The SMILES string of the molecule is CCNC(=NCC1(c2ccccc2F)CC1)NC1CCN(CC(C)C)CC1. The Morgan fingerprint density at radius 2 is 1.96 bits per heavy atom. The van der Waals surface area contributed by atoms with Crippen LogP contribution in [0.15, 0.2) is 29.3 Å². The number of hydrogen-bond acceptors (Lipinski definition) is 2. The normalized spacial score (nSPS) is 20.7. The summed E-state index contributed by atoms with van der Waals surface area (Å²) in [7, 11) is 0. The number of nitrogens with zero attached hydrogens (tertiary/aromatic N) is 2. The average Bonchev–Trinajstić information content (AvgIpc) is 3.42. The van der Waals surface area contributed by atoms with E-state index in [0.717, 1.165) is 62.8 Å². The van der Waals surface area contributed by atoms with E-state index < -0.39 is 0 Å². The summed E-state index contributed by atoms with van der Waals surface area (Å²) in [4.78, 5) is 7.40. The molecule has 0 aromatic heterocycles. The van der Waals surface area contributed by atoms with Crippen LogP contribution < -0.4 is 10.6 Å².